The fraction of sp³-hybridized carbons (Fsp3) is 0.571. The van der Waals surface area contributed by atoms with Gasteiger partial charge in [-0.3, -0.25) is 4.90 Å². The van der Waals surface area contributed by atoms with Crippen LogP contribution in [-0.2, 0) is 4.74 Å². The lowest BCUT2D eigenvalue weighted by Gasteiger charge is -2.31. The Kier molecular flexibility index (Phi) is 4.87. The molecule has 1 heterocycles. The summed E-state index contributed by atoms with van der Waals surface area (Å²) in [4.78, 5) is 2.36. The summed E-state index contributed by atoms with van der Waals surface area (Å²) in [7, 11) is 1.61. The number of ether oxygens (including phenoxy) is 3. The number of rotatable bonds is 5. The molecule has 0 saturated carbocycles. The standard InChI is InChI=1S/C14H22N2O3/c1-3-16-6-7-18-12(9-16)10-19-13-5-4-11(15)8-14(13)17-2/h4-5,8,12H,3,6-7,9-10,15H2,1-2H3. The van der Waals surface area contributed by atoms with Gasteiger partial charge in [-0.25, -0.2) is 0 Å². The zero-order chi connectivity index (χ0) is 13.7. The second-order valence-electron chi connectivity index (χ2n) is 4.61. The van der Waals surface area contributed by atoms with Crippen LogP contribution in [-0.4, -0.2) is 51.0 Å². The highest BCUT2D eigenvalue weighted by Gasteiger charge is 2.20. The van der Waals surface area contributed by atoms with E-state index in [-0.39, 0.29) is 6.10 Å². The molecule has 1 atom stereocenters. The first-order valence-electron chi connectivity index (χ1n) is 6.63. The summed E-state index contributed by atoms with van der Waals surface area (Å²) in [5.41, 5.74) is 6.37. The molecule has 1 saturated heterocycles. The largest absolute Gasteiger partial charge is 0.493 e. The Hall–Kier alpha value is -1.46. The summed E-state index contributed by atoms with van der Waals surface area (Å²) in [6.07, 6.45) is 0.107. The van der Waals surface area contributed by atoms with Gasteiger partial charge in [0, 0.05) is 24.8 Å². The van der Waals surface area contributed by atoms with E-state index >= 15 is 0 Å². The Labute approximate surface area is 114 Å². The molecule has 0 spiro atoms. The molecule has 1 aromatic carbocycles. The third-order valence-corrected chi connectivity index (χ3v) is 3.28. The molecule has 1 unspecified atom stereocenters. The maximum absolute atomic E-state index is 5.78. The minimum Gasteiger partial charge on any atom is -0.493 e. The molecule has 5 nitrogen and oxygen atoms in total. The third-order valence-electron chi connectivity index (χ3n) is 3.28. The van der Waals surface area contributed by atoms with Crippen molar-refractivity contribution in [1.29, 1.82) is 0 Å². The number of nitrogen functional groups attached to an aromatic ring is 1. The summed E-state index contributed by atoms with van der Waals surface area (Å²) >= 11 is 0. The van der Waals surface area contributed by atoms with Crippen molar-refractivity contribution >= 4 is 5.69 Å². The normalized spacial score (nSPS) is 20.2. The number of morpholine rings is 1. The summed E-state index contributed by atoms with van der Waals surface area (Å²) in [6, 6.07) is 5.39. The van der Waals surface area contributed by atoms with Crippen molar-refractivity contribution in [1.82, 2.24) is 4.90 Å². The Balaban J connectivity index is 1.91. The highest BCUT2D eigenvalue weighted by atomic mass is 16.5. The van der Waals surface area contributed by atoms with Crippen LogP contribution in [0.5, 0.6) is 11.5 Å². The van der Waals surface area contributed by atoms with Crippen molar-refractivity contribution in [3.8, 4) is 11.5 Å². The number of methoxy groups -OCH3 is 1. The predicted octanol–water partition coefficient (Wildman–Crippen LogP) is 1.38. The maximum Gasteiger partial charge on any atom is 0.162 e. The van der Waals surface area contributed by atoms with Crippen molar-refractivity contribution in [2.75, 3.05) is 45.7 Å². The van der Waals surface area contributed by atoms with Crippen LogP contribution in [0.15, 0.2) is 18.2 Å². The minimum absolute atomic E-state index is 0.107. The number of anilines is 1. The van der Waals surface area contributed by atoms with Crippen LogP contribution in [0.1, 0.15) is 6.92 Å². The van der Waals surface area contributed by atoms with Crippen LogP contribution >= 0.6 is 0 Å². The van der Waals surface area contributed by atoms with E-state index < -0.39 is 0 Å². The van der Waals surface area contributed by atoms with Crippen LogP contribution in [0.3, 0.4) is 0 Å². The van der Waals surface area contributed by atoms with E-state index in [0.717, 1.165) is 26.2 Å². The number of likely N-dealkylation sites (N-methyl/N-ethyl adjacent to an activating group) is 1. The van der Waals surface area contributed by atoms with E-state index in [0.29, 0.717) is 23.8 Å². The molecule has 2 N–H and O–H groups in total. The molecular weight excluding hydrogens is 244 g/mol. The number of benzene rings is 1. The van der Waals surface area contributed by atoms with Gasteiger partial charge in [0.25, 0.3) is 0 Å². The van der Waals surface area contributed by atoms with Gasteiger partial charge in [0.2, 0.25) is 0 Å². The SMILES string of the molecule is CCN1CCOC(COc2ccc(N)cc2OC)C1. The molecule has 0 bridgehead atoms. The molecule has 1 fully saturated rings. The molecular formula is C14H22N2O3. The van der Waals surface area contributed by atoms with Gasteiger partial charge in [-0.2, -0.15) is 0 Å². The van der Waals surface area contributed by atoms with E-state index in [4.69, 9.17) is 19.9 Å². The highest BCUT2D eigenvalue weighted by Crippen LogP contribution is 2.29. The lowest BCUT2D eigenvalue weighted by atomic mass is 10.2. The second-order valence-corrected chi connectivity index (χ2v) is 4.61. The fourth-order valence-electron chi connectivity index (χ4n) is 2.15. The van der Waals surface area contributed by atoms with E-state index in [9.17, 15) is 0 Å². The predicted molar refractivity (Wildman–Crippen MR) is 74.8 cm³/mol. The van der Waals surface area contributed by atoms with Crippen LogP contribution in [0, 0.1) is 0 Å². The van der Waals surface area contributed by atoms with Gasteiger partial charge in [0.05, 0.1) is 13.7 Å². The molecule has 1 aliphatic heterocycles. The third kappa shape index (κ3) is 3.75. The molecule has 106 valence electrons. The highest BCUT2D eigenvalue weighted by molar-refractivity contribution is 5.51. The van der Waals surface area contributed by atoms with Gasteiger partial charge >= 0.3 is 0 Å². The van der Waals surface area contributed by atoms with Gasteiger partial charge < -0.3 is 19.9 Å². The molecule has 2 rings (SSSR count). The van der Waals surface area contributed by atoms with Crippen molar-refractivity contribution < 1.29 is 14.2 Å². The van der Waals surface area contributed by atoms with Crippen molar-refractivity contribution in [2.45, 2.75) is 13.0 Å². The zero-order valence-electron chi connectivity index (χ0n) is 11.6. The quantitative estimate of drug-likeness (QED) is 0.816. The van der Waals surface area contributed by atoms with Gasteiger partial charge in [-0.15, -0.1) is 0 Å². The van der Waals surface area contributed by atoms with Crippen LogP contribution in [0.25, 0.3) is 0 Å². The van der Waals surface area contributed by atoms with Gasteiger partial charge in [0.1, 0.15) is 12.7 Å². The first-order chi connectivity index (χ1) is 9.22. The molecule has 5 heteroatoms. The molecule has 19 heavy (non-hydrogen) atoms. The second kappa shape index (κ2) is 6.63. The van der Waals surface area contributed by atoms with Gasteiger partial charge in [-0.05, 0) is 18.7 Å². The smallest absolute Gasteiger partial charge is 0.162 e. The van der Waals surface area contributed by atoms with Crippen molar-refractivity contribution in [2.24, 2.45) is 0 Å². The molecule has 0 aliphatic carbocycles. The van der Waals surface area contributed by atoms with Crippen molar-refractivity contribution in [3.63, 3.8) is 0 Å². The Morgan fingerprint density at radius 1 is 1.42 bits per heavy atom. The first kappa shape index (κ1) is 14.0. The zero-order valence-corrected chi connectivity index (χ0v) is 11.6. The van der Waals surface area contributed by atoms with Crippen LogP contribution in [0.2, 0.25) is 0 Å². The summed E-state index contributed by atoms with van der Waals surface area (Å²) in [5.74, 6) is 1.36. The van der Waals surface area contributed by atoms with E-state index in [1.165, 1.54) is 0 Å². The maximum atomic E-state index is 5.78. The first-order valence-corrected chi connectivity index (χ1v) is 6.63. The average Bonchev–Trinajstić information content (AvgIpc) is 2.46. The summed E-state index contributed by atoms with van der Waals surface area (Å²) < 4.78 is 16.7. The molecule has 0 aromatic heterocycles. The molecule has 0 amide bonds. The number of nitrogens with zero attached hydrogens (tertiary/aromatic N) is 1. The lowest BCUT2D eigenvalue weighted by Crippen LogP contribution is -2.44. The van der Waals surface area contributed by atoms with Gasteiger partial charge in [0.15, 0.2) is 11.5 Å². The number of nitrogens with two attached hydrogens (primary N) is 1. The average molecular weight is 266 g/mol. The number of hydrogen-bond donors (Lipinski definition) is 1. The Morgan fingerprint density at radius 2 is 2.26 bits per heavy atom. The monoisotopic (exact) mass is 266 g/mol. The van der Waals surface area contributed by atoms with E-state index in [1.807, 2.05) is 6.07 Å². The topological polar surface area (TPSA) is 57.0 Å². The number of hydrogen-bond acceptors (Lipinski definition) is 5. The summed E-state index contributed by atoms with van der Waals surface area (Å²) in [5, 5.41) is 0. The van der Waals surface area contributed by atoms with Crippen LogP contribution < -0.4 is 15.2 Å². The van der Waals surface area contributed by atoms with Gasteiger partial charge in [-0.1, -0.05) is 6.92 Å². The van der Waals surface area contributed by atoms with Crippen LogP contribution in [0.4, 0.5) is 5.69 Å². The lowest BCUT2D eigenvalue weighted by molar-refractivity contribution is -0.0466. The molecule has 1 aromatic rings. The van der Waals surface area contributed by atoms with Crippen molar-refractivity contribution in [3.05, 3.63) is 18.2 Å². The van der Waals surface area contributed by atoms with E-state index in [2.05, 4.69) is 11.8 Å². The van der Waals surface area contributed by atoms with E-state index in [1.54, 1.807) is 19.2 Å². The minimum atomic E-state index is 0.107. The Morgan fingerprint density at radius 3 is 3.00 bits per heavy atom. The molecule has 0 radical (unpaired) electrons. The fourth-order valence-corrected chi connectivity index (χ4v) is 2.15. The summed E-state index contributed by atoms with van der Waals surface area (Å²) in [6.45, 7) is 6.40. The Bertz CT molecular complexity index is 412. The molecule has 1 aliphatic rings.